The van der Waals surface area contributed by atoms with Gasteiger partial charge < -0.3 is 9.84 Å². The fourth-order valence-corrected chi connectivity index (χ4v) is 1.62. The van der Waals surface area contributed by atoms with Gasteiger partial charge in [0.05, 0.1) is 19.3 Å². The Hall–Kier alpha value is -1.52. The lowest BCUT2D eigenvalue weighted by atomic mass is 9.85. The van der Waals surface area contributed by atoms with Crippen molar-refractivity contribution in [3.8, 4) is 0 Å². The summed E-state index contributed by atoms with van der Waals surface area (Å²) in [6.45, 7) is 1.79. The quantitative estimate of drug-likeness (QED) is 0.321. The Morgan fingerprint density at radius 2 is 2.47 bits per heavy atom. The van der Waals surface area contributed by atoms with E-state index in [0.717, 1.165) is 0 Å². The van der Waals surface area contributed by atoms with Crippen molar-refractivity contribution in [2.24, 2.45) is 11.0 Å². The Morgan fingerprint density at radius 3 is 3.00 bits per heavy atom. The standard InChI is InChI=1S/C9H13N3O3/c1-5-3-6(9(14)15-2)4-7(8(5)13)11-12-10/h4-5,7-8,13H,3H2,1-2H3/t5-,7+,8+/m1/s1. The molecular weight excluding hydrogens is 198 g/mol. The highest BCUT2D eigenvalue weighted by molar-refractivity contribution is 5.88. The van der Waals surface area contributed by atoms with Crippen molar-refractivity contribution in [3.05, 3.63) is 22.1 Å². The van der Waals surface area contributed by atoms with Crippen LogP contribution in [0.15, 0.2) is 16.8 Å². The third kappa shape index (κ3) is 2.49. The molecule has 1 rings (SSSR count). The number of esters is 1. The van der Waals surface area contributed by atoms with Crippen LogP contribution in [0.1, 0.15) is 13.3 Å². The molecular formula is C9H13N3O3. The predicted octanol–water partition coefficient (Wildman–Crippen LogP) is 1.17. The summed E-state index contributed by atoms with van der Waals surface area (Å²) in [6, 6.07) is -0.687. The van der Waals surface area contributed by atoms with Crippen molar-refractivity contribution in [2.75, 3.05) is 7.11 Å². The molecule has 1 N–H and O–H groups in total. The minimum absolute atomic E-state index is 0.125. The molecule has 0 amide bonds. The molecule has 0 bridgehead atoms. The minimum Gasteiger partial charge on any atom is -0.466 e. The van der Waals surface area contributed by atoms with E-state index in [4.69, 9.17) is 5.53 Å². The highest BCUT2D eigenvalue weighted by Crippen LogP contribution is 2.27. The van der Waals surface area contributed by atoms with Gasteiger partial charge in [-0.2, -0.15) is 0 Å². The van der Waals surface area contributed by atoms with Crippen molar-refractivity contribution < 1.29 is 14.6 Å². The fourth-order valence-electron chi connectivity index (χ4n) is 1.62. The monoisotopic (exact) mass is 211 g/mol. The van der Waals surface area contributed by atoms with E-state index in [-0.39, 0.29) is 5.92 Å². The number of carbonyl (C=O) groups excluding carboxylic acids is 1. The Kier molecular flexibility index (Phi) is 3.71. The van der Waals surface area contributed by atoms with E-state index in [1.165, 1.54) is 13.2 Å². The maximum absolute atomic E-state index is 11.3. The van der Waals surface area contributed by atoms with Gasteiger partial charge in [0.1, 0.15) is 0 Å². The summed E-state index contributed by atoms with van der Waals surface area (Å²) in [7, 11) is 1.29. The second-order valence-corrected chi connectivity index (χ2v) is 3.55. The molecule has 1 aliphatic carbocycles. The lowest BCUT2D eigenvalue weighted by Crippen LogP contribution is -2.34. The van der Waals surface area contributed by atoms with Gasteiger partial charge in [-0.1, -0.05) is 18.1 Å². The number of aliphatic hydroxyl groups excluding tert-OH is 1. The van der Waals surface area contributed by atoms with Crippen LogP contribution >= 0.6 is 0 Å². The van der Waals surface area contributed by atoms with Gasteiger partial charge in [0.2, 0.25) is 0 Å². The SMILES string of the molecule is COC(=O)C1=C[C@H](N=[N+]=[N-])[C@@H](O)[C@H](C)C1. The van der Waals surface area contributed by atoms with Gasteiger partial charge in [-0.05, 0) is 17.9 Å². The average Bonchev–Trinajstić information content (AvgIpc) is 2.23. The van der Waals surface area contributed by atoms with Crippen LogP contribution in [0.5, 0.6) is 0 Å². The van der Waals surface area contributed by atoms with Crippen molar-refractivity contribution >= 4 is 5.97 Å². The number of ether oxygens (including phenoxy) is 1. The molecule has 0 saturated carbocycles. The summed E-state index contributed by atoms with van der Waals surface area (Å²) < 4.78 is 4.58. The number of aliphatic hydroxyl groups is 1. The maximum atomic E-state index is 11.3. The van der Waals surface area contributed by atoms with Gasteiger partial charge in [0, 0.05) is 10.5 Å². The van der Waals surface area contributed by atoms with Crippen LogP contribution < -0.4 is 0 Å². The number of nitrogens with zero attached hydrogens (tertiary/aromatic N) is 3. The zero-order chi connectivity index (χ0) is 11.4. The summed E-state index contributed by atoms with van der Waals surface area (Å²) in [5.41, 5.74) is 8.76. The van der Waals surface area contributed by atoms with Crippen molar-refractivity contribution in [3.63, 3.8) is 0 Å². The van der Waals surface area contributed by atoms with E-state index in [2.05, 4.69) is 14.8 Å². The van der Waals surface area contributed by atoms with Crippen LogP contribution in [0.4, 0.5) is 0 Å². The predicted molar refractivity (Wildman–Crippen MR) is 52.8 cm³/mol. The number of hydrogen-bond donors (Lipinski definition) is 1. The van der Waals surface area contributed by atoms with Crippen LogP contribution in [0.25, 0.3) is 10.4 Å². The van der Waals surface area contributed by atoms with Gasteiger partial charge in [-0.3, -0.25) is 0 Å². The Balaban J connectivity index is 2.95. The van der Waals surface area contributed by atoms with Crippen LogP contribution in [0.3, 0.4) is 0 Å². The molecule has 0 aromatic heterocycles. The molecule has 6 heteroatoms. The highest BCUT2D eigenvalue weighted by atomic mass is 16.5. The largest absolute Gasteiger partial charge is 0.466 e. The molecule has 0 fully saturated rings. The Morgan fingerprint density at radius 1 is 1.80 bits per heavy atom. The Labute approximate surface area is 87.2 Å². The minimum atomic E-state index is -0.741. The summed E-state index contributed by atoms with van der Waals surface area (Å²) in [5.74, 6) is -0.563. The maximum Gasteiger partial charge on any atom is 0.333 e. The van der Waals surface area contributed by atoms with Gasteiger partial charge >= 0.3 is 5.97 Å². The van der Waals surface area contributed by atoms with E-state index in [1.807, 2.05) is 0 Å². The van der Waals surface area contributed by atoms with Crippen molar-refractivity contribution in [1.82, 2.24) is 0 Å². The molecule has 15 heavy (non-hydrogen) atoms. The molecule has 0 saturated heterocycles. The van der Waals surface area contributed by atoms with E-state index < -0.39 is 18.1 Å². The topological polar surface area (TPSA) is 95.3 Å². The first kappa shape index (κ1) is 11.6. The molecule has 0 unspecified atom stereocenters. The molecule has 0 radical (unpaired) electrons. The second kappa shape index (κ2) is 4.82. The van der Waals surface area contributed by atoms with Crippen LogP contribution in [0, 0.1) is 5.92 Å². The van der Waals surface area contributed by atoms with Gasteiger partial charge in [-0.25, -0.2) is 4.79 Å². The molecule has 0 aromatic carbocycles. The number of carbonyl (C=O) groups is 1. The molecule has 82 valence electrons. The van der Waals surface area contributed by atoms with Gasteiger partial charge in [0.15, 0.2) is 0 Å². The third-order valence-electron chi connectivity index (χ3n) is 2.48. The lowest BCUT2D eigenvalue weighted by Gasteiger charge is -2.28. The highest BCUT2D eigenvalue weighted by Gasteiger charge is 2.30. The summed E-state index contributed by atoms with van der Waals surface area (Å²) in [6.07, 6.45) is 1.16. The van der Waals surface area contributed by atoms with E-state index in [9.17, 15) is 9.90 Å². The number of hydrogen-bond acceptors (Lipinski definition) is 4. The molecule has 6 nitrogen and oxygen atoms in total. The average molecular weight is 211 g/mol. The summed E-state index contributed by atoms with van der Waals surface area (Å²) in [4.78, 5) is 13.9. The summed E-state index contributed by atoms with van der Waals surface area (Å²) >= 11 is 0. The van der Waals surface area contributed by atoms with Gasteiger partial charge in [-0.15, -0.1) is 0 Å². The molecule has 0 aliphatic heterocycles. The first-order valence-corrected chi connectivity index (χ1v) is 4.61. The zero-order valence-corrected chi connectivity index (χ0v) is 8.62. The van der Waals surface area contributed by atoms with Crippen molar-refractivity contribution in [1.29, 1.82) is 0 Å². The van der Waals surface area contributed by atoms with Crippen LogP contribution in [-0.4, -0.2) is 30.3 Å². The Bertz CT molecular complexity index is 333. The fraction of sp³-hybridized carbons (Fsp3) is 0.667. The molecule has 0 heterocycles. The molecule has 0 aromatic rings. The lowest BCUT2D eigenvalue weighted by molar-refractivity contribution is -0.136. The van der Waals surface area contributed by atoms with Crippen LogP contribution in [0.2, 0.25) is 0 Å². The van der Waals surface area contributed by atoms with E-state index in [0.29, 0.717) is 12.0 Å². The van der Waals surface area contributed by atoms with E-state index in [1.54, 1.807) is 6.92 Å². The smallest absolute Gasteiger partial charge is 0.333 e. The molecule has 0 spiro atoms. The summed E-state index contributed by atoms with van der Waals surface area (Å²) in [5, 5.41) is 13.1. The van der Waals surface area contributed by atoms with Crippen molar-refractivity contribution in [2.45, 2.75) is 25.5 Å². The van der Waals surface area contributed by atoms with Gasteiger partial charge in [0.25, 0.3) is 0 Å². The first-order chi connectivity index (χ1) is 7.10. The first-order valence-electron chi connectivity index (χ1n) is 4.61. The van der Waals surface area contributed by atoms with E-state index >= 15 is 0 Å². The zero-order valence-electron chi connectivity index (χ0n) is 8.62. The molecule has 1 aliphatic rings. The van der Waals surface area contributed by atoms with Crippen LogP contribution in [-0.2, 0) is 9.53 Å². The number of rotatable bonds is 2. The normalized spacial score (nSPS) is 30.1. The molecule has 3 atom stereocenters. The third-order valence-corrected chi connectivity index (χ3v) is 2.48. The number of methoxy groups -OCH3 is 1. The second-order valence-electron chi connectivity index (χ2n) is 3.55. The number of azide groups is 1.